The molecule has 0 bridgehead atoms. The lowest BCUT2D eigenvalue weighted by Crippen LogP contribution is -2.43. The number of nitro groups is 1. The molecule has 2 amide bonds. The first-order chi connectivity index (χ1) is 15.4. The minimum Gasteiger partial charge on any atom is -0.379 e. The summed E-state index contributed by atoms with van der Waals surface area (Å²) >= 11 is 0. The van der Waals surface area contributed by atoms with Crippen LogP contribution < -0.4 is 5.32 Å². The molecule has 2 aromatic carbocycles. The number of imide groups is 1. The van der Waals surface area contributed by atoms with E-state index in [9.17, 15) is 19.7 Å². The summed E-state index contributed by atoms with van der Waals surface area (Å²) in [7, 11) is 0. The van der Waals surface area contributed by atoms with Crippen molar-refractivity contribution in [3.63, 3.8) is 0 Å². The normalized spacial score (nSPS) is 17.2. The third-order valence-corrected chi connectivity index (χ3v) is 5.57. The molecule has 4 rings (SSSR count). The first-order valence-electron chi connectivity index (χ1n) is 10.4. The van der Waals surface area contributed by atoms with Crippen molar-refractivity contribution in [2.75, 3.05) is 44.7 Å². The number of nitro benzene ring substituents is 1. The van der Waals surface area contributed by atoms with E-state index in [-0.39, 0.29) is 23.5 Å². The van der Waals surface area contributed by atoms with E-state index in [1.54, 1.807) is 0 Å². The summed E-state index contributed by atoms with van der Waals surface area (Å²) in [5, 5.41) is 14.1. The number of morpholine rings is 1. The molecule has 9 heteroatoms. The van der Waals surface area contributed by atoms with Gasteiger partial charge in [-0.1, -0.05) is 12.1 Å². The summed E-state index contributed by atoms with van der Waals surface area (Å²) in [4.78, 5) is 40.5. The van der Waals surface area contributed by atoms with Crippen LogP contribution in [0.3, 0.4) is 0 Å². The Morgan fingerprint density at radius 1 is 1.03 bits per heavy atom. The van der Waals surface area contributed by atoms with Gasteiger partial charge in [-0.15, -0.1) is 0 Å². The Morgan fingerprint density at radius 2 is 1.75 bits per heavy atom. The third-order valence-electron chi connectivity index (χ3n) is 5.57. The van der Waals surface area contributed by atoms with Gasteiger partial charge >= 0.3 is 0 Å². The van der Waals surface area contributed by atoms with E-state index < -0.39 is 16.7 Å². The summed E-state index contributed by atoms with van der Waals surface area (Å²) in [5.41, 5.74) is 2.47. The van der Waals surface area contributed by atoms with E-state index in [0.717, 1.165) is 18.7 Å². The molecule has 0 radical (unpaired) electrons. The Labute approximate surface area is 185 Å². The summed E-state index contributed by atoms with van der Waals surface area (Å²) in [6.45, 7) is 5.54. The second kappa shape index (κ2) is 9.29. The molecule has 0 atom stereocenters. The number of aryl methyl sites for hydroxylation is 1. The molecule has 32 heavy (non-hydrogen) atoms. The number of nitrogens with zero attached hydrogens (tertiary/aromatic N) is 3. The van der Waals surface area contributed by atoms with E-state index in [2.05, 4.69) is 10.2 Å². The van der Waals surface area contributed by atoms with Crippen molar-refractivity contribution in [2.45, 2.75) is 6.92 Å². The fourth-order valence-electron chi connectivity index (χ4n) is 3.85. The molecule has 1 fully saturated rings. The molecule has 2 aliphatic heterocycles. The number of amides is 2. The molecular formula is C23H24N4O5. The van der Waals surface area contributed by atoms with Gasteiger partial charge in [0.25, 0.3) is 17.5 Å². The van der Waals surface area contributed by atoms with Crippen LogP contribution in [0.25, 0.3) is 5.57 Å². The number of hydrogen-bond acceptors (Lipinski definition) is 7. The van der Waals surface area contributed by atoms with Gasteiger partial charge in [-0.2, -0.15) is 0 Å². The number of hydrogen-bond donors (Lipinski definition) is 1. The lowest BCUT2D eigenvalue weighted by molar-refractivity contribution is -0.384. The van der Waals surface area contributed by atoms with Crippen molar-refractivity contribution >= 4 is 28.8 Å². The molecule has 2 aromatic rings. The Bertz CT molecular complexity index is 1070. The predicted molar refractivity (Wildman–Crippen MR) is 119 cm³/mol. The van der Waals surface area contributed by atoms with Gasteiger partial charge in [0.1, 0.15) is 5.70 Å². The van der Waals surface area contributed by atoms with Crippen LogP contribution in [0.1, 0.15) is 11.1 Å². The first kappa shape index (κ1) is 21.7. The molecule has 0 aromatic heterocycles. The largest absolute Gasteiger partial charge is 0.379 e. The smallest absolute Gasteiger partial charge is 0.278 e. The standard InChI is InChI=1S/C23H24N4O5/c1-16-3-2-4-18(15-16)24-21-20(17-5-7-19(8-6-17)27(30)31)22(28)26(23(21)29)10-9-25-11-13-32-14-12-25/h2-8,15,24H,9-14H2,1H3. The van der Waals surface area contributed by atoms with Crippen LogP contribution in [0, 0.1) is 17.0 Å². The molecular weight excluding hydrogens is 412 g/mol. The highest BCUT2D eigenvalue weighted by Crippen LogP contribution is 2.31. The quantitative estimate of drug-likeness (QED) is 0.404. The average Bonchev–Trinajstić information content (AvgIpc) is 3.02. The molecule has 0 unspecified atom stereocenters. The number of benzene rings is 2. The minimum atomic E-state index is -0.500. The van der Waals surface area contributed by atoms with E-state index in [1.807, 2.05) is 31.2 Å². The maximum Gasteiger partial charge on any atom is 0.278 e. The predicted octanol–water partition coefficient (Wildman–Crippen LogP) is 2.43. The van der Waals surface area contributed by atoms with Crippen molar-refractivity contribution in [1.29, 1.82) is 0 Å². The highest BCUT2D eigenvalue weighted by molar-refractivity contribution is 6.36. The minimum absolute atomic E-state index is 0.0801. The van der Waals surface area contributed by atoms with Gasteiger partial charge in [-0.05, 0) is 42.3 Å². The number of carbonyl (C=O) groups excluding carboxylic acids is 2. The Kier molecular flexibility index (Phi) is 6.29. The molecule has 1 saturated heterocycles. The molecule has 0 spiro atoms. The van der Waals surface area contributed by atoms with Crippen LogP contribution in [-0.4, -0.2) is 65.9 Å². The van der Waals surface area contributed by atoms with E-state index >= 15 is 0 Å². The van der Waals surface area contributed by atoms with Gasteiger partial charge in [-0.3, -0.25) is 29.5 Å². The second-order valence-electron chi connectivity index (χ2n) is 7.76. The lowest BCUT2D eigenvalue weighted by atomic mass is 10.0. The van der Waals surface area contributed by atoms with Crippen LogP contribution in [0.5, 0.6) is 0 Å². The van der Waals surface area contributed by atoms with Gasteiger partial charge in [0.15, 0.2) is 0 Å². The summed E-state index contributed by atoms with van der Waals surface area (Å²) in [6.07, 6.45) is 0. The number of anilines is 1. The molecule has 9 nitrogen and oxygen atoms in total. The Hall–Kier alpha value is -3.56. The number of non-ortho nitro benzene ring substituents is 1. The maximum atomic E-state index is 13.3. The zero-order valence-corrected chi connectivity index (χ0v) is 17.7. The summed E-state index contributed by atoms with van der Waals surface area (Å²) in [6, 6.07) is 13.2. The molecule has 1 N–H and O–H groups in total. The van der Waals surface area contributed by atoms with Gasteiger partial charge in [0, 0.05) is 44.0 Å². The van der Waals surface area contributed by atoms with Crippen LogP contribution in [0.15, 0.2) is 54.2 Å². The second-order valence-corrected chi connectivity index (χ2v) is 7.76. The number of ether oxygens (including phenoxy) is 1. The first-order valence-corrected chi connectivity index (χ1v) is 10.4. The third kappa shape index (κ3) is 4.53. The lowest BCUT2D eigenvalue weighted by Gasteiger charge is -2.28. The molecule has 166 valence electrons. The Balaban J connectivity index is 1.64. The van der Waals surface area contributed by atoms with E-state index in [1.165, 1.54) is 29.2 Å². The van der Waals surface area contributed by atoms with Crippen LogP contribution in [0.4, 0.5) is 11.4 Å². The van der Waals surface area contributed by atoms with Gasteiger partial charge in [0.05, 0.1) is 23.7 Å². The van der Waals surface area contributed by atoms with Gasteiger partial charge in [-0.25, -0.2) is 0 Å². The fraction of sp³-hybridized carbons (Fsp3) is 0.304. The van der Waals surface area contributed by atoms with E-state index in [0.29, 0.717) is 31.0 Å². The number of rotatable bonds is 7. The molecule has 2 aliphatic rings. The van der Waals surface area contributed by atoms with Crippen molar-refractivity contribution in [1.82, 2.24) is 9.80 Å². The van der Waals surface area contributed by atoms with Crippen molar-refractivity contribution in [3.8, 4) is 0 Å². The summed E-state index contributed by atoms with van der Waals surface area (Å²) < 4.78 is 5.35. The highest BCUT2D eigenvalue weighted by Gasteiger charge is 2.39. The molecule has 2 heterocycles. The monoisotopic (exact) mass is 436 g/mol. The Morgan fingerprint density at radius 3 is 2.41 bits per heavy atom. The van der Waals surface area contributed by atoms with Crippen molar-refractivity contribution in [2.24, 2.45) is 0 Å². The number of nitrogens with one attached hydrogen (secondary N) is 1. The zero-order chi connectivity index (χ0) is 22.7. The molecule has 0 saturated carbocycles. The average molecular weight is 436 g/mol. The zero-order valence-electron chi connectivity index (χ0n) is 17.7. The topological polar surface area (TPSA) is 105 Å². The van der Waals surface area contributed by atoms with Crippen LogP contribution in [0.2, 0.25) is 0 Å². The highest BCUT2D eigenvalue weighted by atomic mass is 16.6. The maximum absolute atomic E-state index is 13.3. The van der Waals surface area contributed by atoms with E-state index in [4.69, 9.17) is 4.74 Å². The van der Waals surface area contributed by atoms with Crippen LogP contribution >= 0.6 is 0 Å². The fourth-order valence-corrected chi connectivity index (χ4v) is 3.85. The number of carbonyl (C=O) groups is 2. The van der Waals surface area contributed by atoms with Crippen LogP contribution in [-0.2, 0) is 14.3 Å². The molecule has 0 aliphatic carbocycles. The summed E-state index contributed by atoms with van der Waals surface area (Å²) in [5.74, 6) is -0.814. The SMILES string of the molecule is Cc1cccc(NC2=C(c3ccc([N+](=O)[O-])cc3)C(=O)N(CCN3CCOCC3)C2=O)c1. The van der Waals surface area contributed by atoms with Gasteiger partial charge in [0.2, 0.25) is 0 Å². The van der Waals surface area contributed by atoms with Crippen molar-refractivity contribution in [3.05, 3.63) is 75.5 Å². The van der Waals surface area contributed by atoms with Crippen molar-refractivity contribution < 1.29 is 19.2 Å². The van der Waals surface area contributed by atoms with Gasteiger partial charge < -0.3 is 10.1 Å².